The second-order valence-corrected chi connectivity index (χ2v) is 4.35. The number of halogens is 1. The van der Waals surface area contributed by atoms with Crippen LogP contribution < -0.4 is 4.90 Å². The Morgan fingerprint density at radius 2 is 2.22 bits per heavy atom. The van der Waals surface area contributed by atoms with Crippen molar-refractivity contribution in [2.45, 2.75) is 0 Å². The molecule has 5 heteroatoms. The van der Waals surface area contributed by atoms with Gasteiger partial charge in [-0.1, -0.05) is 6.07 Å². The fraction of sp³-hybridized carbons (Fsp3) is 0.0769. The first kappa shape index (κ1) is 12.4. The van der Waals surface area contributed by atoms with Gasteiger partial charge < -0.3 is 9.32 Å². The minimum atomic E-state index is -0.203. The lowest BCUT2D eigenvalue weighted by molar-refractivity contribution is 0.0991. The van der Waals surface area contributed by atoms with Gasteiger partial charge in [-0.05, 0) is 40.2 Å². The average molecular weight is 305 g/mol. The van der Waals surface area contributed by atoms with Crippen molar-refractivity contribution in [2.24, 2.45) is 0 Å². The normalized spacial score (nSPS) is 9.83. The third-order valence-electron chi connectivity index (χ3n) is 2.52. The van der Waals surface area contributed by atoms with E-state index in [0.29, 0.717) is 21.5 Å². The van der Waals surface area contributed by atoms with Gasteiger partial charge in [-0.15, -0.1) is 0 Å². The minimum Gasteiger partial charge on any atom is -0.457 e. The Kier molecular flexibility index (Phi) is 3.49. The lowest BCUT2D eigenvalue weighted by Crippen LogP contribution is -2.26. The lowest BCUT2D eigenvalue weighted by Gasteiger charge is -2.16. The molecule has 0 aliphatic heterocycles. The van der Waals surface area contributed by atoms with Crippen molar-refractivity contribution in [1.29, 1.82) is 5.26 Å². The van der Waals surface area contributed by atoms with Crippen LogP contribution in [0.3, 0.4) is 0 Å². The molecule has 1 aromatic carbocycles. The molecule has 1 aromatic heterocycles. The summed E-state index contributed by atoms with van der Waals surface area (Å²) in [4.78, 5) is 13.6. The van der Waals surface area contributed by atoms with Crippen LogP contribution in [0.25, 0.3) is 0 Å². The number of rotatable bonds is 2. The van der Waals surface area contributed by atoms with Crippen LogP contribution in [-0.2, 0) is 0 Å². The van der Waals surface area contributed by atoms with E-state index in [9.17, 15) is 4.79 Å². The highest BCUT2D eigenvalue weighted by molar-refractivity contribution is 9.10. The van der Waals surface area contributed by atoms with Crippen molar-refractivity contribution in [3.63, 3.8) is 0 Å². The standard InChI is InChI=1S/C13H9BrN2O2/c1-16(10-4-2-3-9(7-10)8-15)13(17)11-5-6-18-12(11)14/h2-7H,1H3. The molecule has 1 amide bonds. The minimum absolute atomic E-state index is 0.203. The fourth-order valence-electron chi connectivity index (χ4n) is 1.53. The zero-order valence-electron chi connectivity index (χ0n) is 9.55. The molecule has 0 bridgehead atoms. The molecule has 0 saturated heterocycles. The maximum atomic E-state index is 12.2. The number of carbonyl (C=O) groups is 1. The maximum absolute atomic E-state index is 12.2. The molecule has 2 rings (SSSR count). The van der Waals surface area contributed by atoms with E-state index in [0.717, 1.165) is 0 Å². The van der Waals surface area contributed by atoms with E-state index in [-0.39, 0.29) is 5.91 Å². The molecule has 0 spiro atoms. The molecular formula is C13H9BrN2O2. The molecule has 90 valence electrons. The summed E-state index contributed by atoms with van der Waals surface area (Å²) in [5.41, 5.74) is 1.62. The summed E-state index contributed by atoms with van der Waals surface area (Å²) in [5.74, 6) is -0.203. The van der Waals surface area contributed by atoms with Crippen molar-refractivity contribution in [1.82, 2.24) is 0 Å². The van der Waals surface area contributed by atoms with Gasteiger partial charge in [0, 0.05) is 12.7 Å². The van der Waals surface area contributed by atoms with Crippen LogP contribution in [0, 0.1) is 11.3 Å². The molecule has 0 N–H and O–H groups in total. The Morgan fingerprint density at radius 1 is 1.44 bits per heavy atom. The highest BCUT2D eigenvalue weighted by Crippen LogP contribution is 2.22. The molecule has 0 unspecified atom stereocenters. The van der Waals surface area contributed by atoms with Crippen molar-refractivity contribution in [2.75, 3.05) is 11.9 Å². The average Bonchev–Trinajstić information content (AvgIpc) is 2.83. The number of anilines is 1. The van der Waals surface area contributed by atoms with Crippen LogP contribution in [0.1, 0.15) is 15.9 Å². The third kappa shape index (κ3) is 2.29. The predicted octanol–water partition coefficient (Wildman–Crippen LogP) is 3.19. The van der Waals surface area contributed by atoms with Gasteiger partial charge in [0.25, 0.3) is 5.91 Å². The van der Waals surface area contributed by atoms with E-state index in [4.69, 9.17) is 9.68 Å². The summed E-state index contributed by atoms with van der Waals surface area (Å²) in [6, 6.07) is 10.5. The highest BCUT2D eigenvalue weighted by Gasteiger charge is 2.18. The van der Waals surface area contributed by atoms with Crippen LogP contribution in [0.5, 0.6) is 0 Å². The topological polar surface area (TPSA) is 57.2 Å². The van der Waals surface area contributed by atoms with E-state index < -0.39 is 0 Å². The number of carbonyl (C=O) groups excluding carboxylic acids is 1. The Morgan fingerprint density at radius 3 is 2.83 bits per heavy atom. The number of furan rings is 1. The van der Waals surface area contributed by atoms with Gasteiger partial charge in [-0.3, -0.25) is 4.79 Å². The second-order valence-electron chi connectivity index (χ2n) is 3.63. The van der Waals surface area contributed by atoms with E-state index in [1.165, 1.54) is 11.2 Å². The molecule has 0 aliphatic rings. The molecule has 1 heterocycles. The Hall–Kier alpha value is -2.06. The molecule has 0 saturated carbocycles. The van der Waals surface area contributed by atoms with E-state index >= 15 is 0 Å². The summed E-state index contributed by atoms with van der Waals surface area (Å²) < 4.78 is 5.43. The zero-order chi connectivity index (χ0) is 13.1. The van der Waals surface area contributed by atoms with Crippen molar-refractivity contribution < 1.29 is 9.21 Å². The highest BCUT2D eigenvalue weighted by atomic mass is 79.9. The summed E-state index contributed by atoms with van der Waals surface area (Å²) >= 11 is 3.17. The number of benzene rings is 1. The maximum Gasteiger partial charge on any atom is 0.262 e. The first-order valence-corrected chi connectivity index (χ1v) is 5.94. The second kappa shape index (κ2) is 5.07. The van der Waals surface area contributed by atoms with E-state index in [1.807, 2.05) is 6.07 Å². The smallest absolute Gasteiger partial charge is 0.262 e. The molecular weight excluding hydrogens is 296 g/mol. The van der Waals surface area contributed by atoms with Gasteiger partial charge in [0.2, 0.25) is 0 Å². The first-order chi connectivity index (χ1) is 8.63. The fourth-order valence-corrected chi connectivity index (χ4v) is 1.94. The largest absolute Gasteiger partial charge is 0.457 e. The number of hydrogen-bond donors (Lipinski definition) is 0. The summed E-state index contributed by atoms with van der Waals surface area (Å²) in [5, 5.41) is 8.83. The monoisotopic (exact) mass is 304 g/mol. The van der Waals surface area contributed by atoms with Gasteiger partial charge in [0.05, 0.1) is 23.5 Å². The Bertz CT molecular complexity index is 628. The van der Waals surface area contributed by atoms with Gasteiger partial charge >= 0.3 is 0 Å². The third-order valence-corrected chi connectivity index (χ3v) is 3.13. The molecule has 0 fully saturated rings. The van der Waals surface area contributed by atoms with Crippen molar-refractivity contribution >= 4 is 27.5 Å². The van der Waals surface area contributed by atoms with Crippen molar-refractivity contribution in [3.8, 4) is 6.07 Å². The van der Waals surface area contributed by atoms with Gasteiger partial charge in [-0.2, -0.15) is 5.26 Å². The first-order valence-electron chi connectivity index (χ1n) is 5.14. The summed E-state index contributed by atoms with van der Waals surface area (Å²) in [6.07, 6.45) is 1.44. The molecule has 2 aromatic rings. The van der Waals surface area contributed by atoms with E-state index in [1.54, 1.807) is 37.4 Å². The van der Waals surface area contributed by atoms with Crippen molar-refractivity contribution in [3.05, 3.63) is 52.4 Å². The predicted molar refractivity (Wildman–Crippen MR) is 70.3 cm³/mol. The molecule has 0 radical (unpaired) electrons. The van der Waals surface area contributed by atoms with Crippen LogP contribution in [0.15, 0.2) is 45.7 Å². The van der Waals surface area contributed by atoms with E-state index in [2.05, 4.69) is 15.9 Å². The van der Waals surface area contributed by atoms with Crippen LogP contribution >= 0.6 is 15.9 Å². The van der Waals surface area contributed by atoms with Gasteiger partial charge in [-0.25, -0.2) is 0 Å². The van der Waals surface area contributed by atoms with Crippen LogP contribution in [0.4, 0.5) is 5.69 Å². The van der Waals surface area contributed by atoms with Gasteiger partial charge in [0.15, 0.2) is 4.67 Å². The summed E-state index contributed by atoms with van der Waals surface area (Å²) in [7, 11) is 1.65. The zero-order valence-corrected chi connectivity index (χ0v) is 11.1. The lowest BCUT2D eigenvalue weighted by atomic mass is 10.2. The summed E-state index contributed by atoms with van der Waals surface area (Å²) in [6.45, 7) is 0. The number of amides is 1. The van der Waals surface area contributed by atoms with Crippen LogP contribution in [0.2, 0.25) is 0 Å². The molecule has 18 heavy (non-hydrogen) atoms. The molecule has 0 aliphatic carbocycles. The quantitative estimate of drug-likeness (QED) is 0.856. The number of nitrogens with zero attached hydrogens (tertiary/aromatic N) is 2. The SMILES string of the molecule is CN(C(=O)c1ccoc1Br)c1cccc(C#N)c1. The van der Waals surface area contributed by atoms with Crippen LogP contribution in [-0.4, -0.2) is 13.0 Å². The number of hydrogen-bond acceptors (Lipinski definition) is 3. The Labute approximate surface area is 113 Å². The van der Waals surface area contributed by atoms with Gasteiger partial charge in [0.1, 0.15) is 0 Å². The molecule has 0 atom stereocenters. The number of nitriles is 1. The molecule has 4 nitrogen and oxygen atoms in total. The Balaban J connectivity index is 2.32.